The zero-order valence-corrected chi connectivity index (χ0v) is 8.80. The van der Waals surface area contributed by atoms with E-state index in [-0.39, 0.29) is 6.61 Å². The van der Waals surface area contributed by atoms with Gasteiger partial charge in [0, 0.05) is 17.8 Å². The Hall–Kier alpha value is -1.42. The molecule has 0 bridgehead atoms. The van der Waals surface area contributed by atoms with E-state index in [1.807, 2.05) is 18.2 Å². The number of alkyl halides is 2. The lowest BCUT2D eigenvalue weighted by atomic mass is 10.1. The number of ether oxygens (including phenoxy) is 1. The fourth-order valence-corrected chi connectivity index (χ4v) is 1.71. The molecule has 2 nitrogen and oxygen atoms in total. The van der Waals surface area contributed by atoms with Crippen LogP contribution >= 0.6 is 0 Å². The second-order valence-corrected chi connectivity index (χ2v) is 3.73. The number of hydrogen-bond donors (Lipinski definition) is 1. The highest BCUT2D eigenvalue weighted by Gasteiger charge is 2.13. The first-order valence-electron chi connectivity index (χ1n) is 5.07. The Balaban J connectivity index is 2.01. The molecule has 0 amide bonds. The highest BCUT2D eigenvalue weighted by molar-refractivity contribution is 5.69. The molecular weight excluding hydrogens is 212 g/mol. The van der Waals surface area contributed by atoms with E-state index in [0.717, 1.165) is 23.4 Å². The lowest BCUT2D eigenvalue weighted by Gasteiger charge is -2.06. The maximum absolute atomic E-state index is 11.9. The standard InChI is InChI=1S/C12H13F2NO/c1-8-11-4-9(6-16-7-12(13)14)2-3-10(11)5-15-8/h2-4,12,15H,1,5-7H2. The van der Waals surface area contributed by atoms with E-state index in [1.165, 1.54) is 5.56 Å². The molecule has 0 radical (unpaired) electrons. The smallest absolute Gasteiger partial charge is 0.261 e. The summed E-state index contributed by atoms with van der Waals surface area (Å²) in [6, 6.07) is 5.80. The molecule has 0 aromatic heterocycles. The van der Waals surface area contributed by atoms with Crippen molar-refractivity contribution in [3.63, 3.8) is 0 Å². The van der Waals surface area contributed by atoms with E-state index in [2.05, 4.69) is 11.9 Å². The van der Waals surface area contributed by atoms with Gasteiger partial charge in [0.05, 0.1) is 6.61 Å². The van der Waals surface area contributed by atoms with E-state index in [9.17, 15) is 8.78 Å². The van der Waals surface area contributed by atoms with E-state index < -0.39 is 13.0 Å². The van der Waals surface area contributed by atoms with Crippen molar-refractivity contribution in [3.05, 3.63) is 41.5 Å². The van der Waals surface area contributed by atoms with Gasteiger partial charge in [0.25, 0.3) is 6.43 Å². The number of fused-ring (bicyclic) bond motifs is 1. The summed E-state index contributed by atoms with van der Waals surface area (Å²) < 4.78 is 28.6. The number of nitrogens with one attached hydrogen (secondary N) is 1. The highest BCUT2D eigenvalue weighted by atomic mass is 19.3. The molecule has 0 atom stereocenters. The van der Waals surface area contributed by atoms with E-state index in [4.69, 9.17) is 4.74 Å². The first kappa shape index (κ1) is 11.1. The van der Waals surface area contributed by atoms with Gasteiger partial charge in [-0.05, 0) is 17.2 Å². The lowest BCUT2D eigenvalue weighted by molar-refractivity contribution is 0.00987. The molecular formula is C12H13F2NO. The Morgan fingerprint density at radius 3 is 3.00 bits per heavy atom. The van der Waals surface area contributed by atoms with Crippen LogP contribution in [0, 0.1) is 0 Å². The molecule has 4 heteroatoms. The van der Waals surface area contributed by atoms with Crippen LogP contribution in [-0.4, -0.2) is 13.0 Å². The molecule has 0 saturated heterocycles. The van der Waals surface area contributed by atoms with Crippen LogP contribution in [0.2, 0.25) is 0 Å². The van der Waals surface area contributed by atoms with Crippen molar-refractivity contribution in [2.75, 3.05) is 6.61 Å². The maximum atomic E-state index is 11.9. The van der Waals surface area contributed by atoms with Crippen LogP contribution in [-0.2, 0) is 17.9 Å². The third-order valence-corrected chi connectivity index (χ3v) is 2.50. The Kier molecular flexibility index (Phi) is 3.19. The first-order chi connectivity index (χ1) is 7.66. The van der Waals surface area contributed by atoms with Crippen LogP contribution in [0.25, 0.3) is 5.70 Å². The van der Waals surface area contributed by atoms with Crippen molar-refractivity contribution in [3.8, 4) is 0 Å². The maximum Gasteiger partial charge on any atom is 0.261 e. The SMILES string of the molecule is C=C1NCc2ccc(COCC(F)F)cc21. The van der Waals surface area contributed by atoms with Crippen molar-refractivity contribution >= 4 is 5.70 Å². The van der Waals surface area contributed by atoms with Crippen molar-refractivity contribution in [1.29, 1.82) is 0 Å². The van der Waals surface area contributed by atoms with Crippen LogP contribution in [0.5, 0.6) is 0 Å². The monoisotopic (exact) mass is 225 g/mol. The van der Waals surface area contributed by atoms with E-state index in [0.29, 0.717) is 0 Å². The third kappa shape index (κ3) is 2.39. The van der Waals surface area contributed by atoms with E-state index >= 15 is 0 Å². The summed E-state index contributed by atoms with van der Waals surface area (Å²) in [7, 11) is 0. The van der Waals surface area contributed by atoms with Crippen molar-refractivity contribution in [1.82, 2.24) is 5.32 Å². The van der Waals surface area contributed by atoms with Crippen molar-refractivity contribution in [2.45, 2.75) is 19.6 Å². The van der Waals surface area contributed by atoms with Gasteiger partial charge in [-0.15, -0.1) is 0 Å². The zero-order valence-electron chi connectivity index (χ0n) is 8.80. The average Bonchev–Trinajstić information content (AvgIpc) is 2.60. The van der Waals surface area contributed by atoms with Crippen LogP contribution < -0.4 is 5.32 Å². The number of halogens is 2. The normalized spacial score (nSPS) is 14.1. The number of rotatable bonds is 4. The molecule has 1 aliphatic rings. The summed E-state index contributed by atoms with van der Waals surface area (Å²) in [6.07, 6.45) is -2.41. The molecule has 0 saturated carbocycles. The van der Waals surface area contributed by atoms with Crippen LogP contribution in [0.3, 0.4) is 0 Å². The molecule has 0 spiro atoms. The quantitative estimate of drug-likeness (QED) is 0.850. The van der Waals surface area contributed by atoms with Gasteiger partial charge < -0.3 is 10.1 Å². The molecule has 2 rings (SSSR count). The molecule has 16 heavy (non-hydrogen) atoms. The summed E-state index contributed by atoms with van der Waals surface area (Å²) in [4.78, 5) is 0. The van der Waals surface area contributed by atoms with Gasteiger partial charge in [0.1, 0.15) is 6.61 Å². The fraction of sp³-hybridized carbons (Fsp3) is 0.333. The minimum absolute atomic E-state index is 0.213. The van der Waals surface area contributed by atoms with Gasteiger partial charge in [-0.3, -0.25) is 0 Å². The Labute approximate surface area is 92.9 Å². The second kappa shape index (κ2) is 4.61. The van der Waals surface area contributed by atoms with Gasteiger partial charge in [-0.2, -0.15) is 0 Å². The van der Waals surface area contributed by atoms with Crippen molar-refractivity contribution < 1.29 is 13.5 Å². The summed E-state index contributed by atoms with van der Waals surface area (Å²) in [6.45, 7) is 4.35. The van der Waals surface area contributed by atoms with Crippen molar-refractivity contribution in [2.24, 2.45) is 0 Å². The molecule has 86 valence electrons. The minimum Gasteiger partial charge on any atom is -0.381 e. The molecule has 1 aliphatic heterocycles. The summed E-state index contributed by atoms with van der Waals surface area (Å²) in [5, 5.41) is 3.13. The van der Waals surface area contributed by atoms with Gasteiger partial charge >= 0.3 is 0 Å². The molecule has 0 aliphatic carbocycles. The minimum atomic E-state index is -2.41. The second-order valence-electron chi connectivity index (χ2n) is 3.73. The van der Waals surface area contributed by atoms with Gasteiger partial charge in [-0.1, -0.05) is 18.7 Å². The molecule has 1 heterocycles. The van der Waals surface area contributed by atoms with E-state index in [1.54, 1.807) is 0 Å². The summed E-state index contributed by atoms with van der Waals surface area (Å²) in [5.74, 6) is 0. The Morgan fingerprint density at radius 2 is 2.25 bits per heavy atom. The van der Waals surface area contributed by atoms with Gasteiger partial charge in [0.2, 0.25) is 0 Å². The molecule has 0 unspecified atom stereocenters. The van der Waals surface area contributed by atoms with Gasteiger partial charge in [-0.25, -0.2) is 8.78 Å². The Morgan fingerprint density at radius 1 is 1.44 bits per heavy atom. The lowest BCUT2D eigenvalue weighted by Crippen LogP contribution is -2.04. The summed E-state index contributed by atoms with van der Waals surface area (Å²) >= 11 is 0. The predicted molar refractivity (Wildman–Crippen MR) is 58.0 cm³/mol. The van der Waals surface area contributed by atoms with Crippen LogP contribution in [0.4, 0.5) is 8.78 Å². The zero-order chi connectivity index (χ0) is 11.5. The Bertz CT molecular complexity index is 404. The molecule has 1 aromatic carbocycles. The first-order valence-corrected chi connectivity index (χ1v) is 5.07. The number of hydrogen-bond acceptors (Lipinski definition) is 2. The average molecular weight is 225 g/mol. The van der Waals surface area contributed by atoms with Crippen LogP contribution in [0.1, 0.15) is 16.7 Å². The molecule has 1 aromatic rings. The summed E-state index contributed by atoms with van der Waals surface area (Å²) in [5.41, 5.74) is 4.01. The fourth-order valence-electron chi connectivity index (χ4n) is 1.71. The largest absolute Gasteiger partial charge is 0.381 e. The predicted octanol–water partition coefficient (Wildman–Crippen LogP) is 2.54. The molecule has 1 N–H and O–H groups in total. The van der Waals surface area contributed by atoms with Gasteiger partial charge in [0.15, 0.2) is 0 Å². The third-order valence-electron chi connectivity index (χ3n) is 2.50. The van der Waals surface area contributed by atoms with Crippen LogP contribution in [0.15, 0.2) is 24.8 Å². The number of benzene rings is 1. The highest BCUT2D eigenvalue weighted by Crippen LogP contribution is 2.24. The molecule has 0 fully saturated rings. The topological polar surface area (TPSA) is 21.3 Å².